The lowest BCUT2D eigenvalue weighted by Gasteiger charge is -2.30. The minimum atomic E-state index is 0.121. The highest BCUT2D eigenvalue weighted by Crippen LogP contribution is 2.34. The van der Waals surface area contributed by atoms with E-state index in [1.54, 1.807) is 6.26 Å². The van der Waals surface area contributed by atoms with Crippen LogP contribution in [-0.2, 0) is 13.0 Å². The first-order chi connectivity index (χ1) is 12.1. The zero-order chi connectivity index (χ0) is 17.4. The molecule has 0 N–H and O–H groups in total. The highest BCUT2D eigenvalue weighted by Gasteiger charge is 2.29. The van der Waals surface area contributed by atoms with E-state index in [4.69, 9.17) is 4.42 Å². The predicted molar refractivity (Wildman–Crippen MR) is 98.8 cm³/mol. The Balaban J connectivity index is 1.53. The third kappa shape index (κ3) is 3.06. The lowest BCUT2D eigenvalue weighted by Crippen LogP contribution is -2.38. The number of benzene rings is 1. The standard InChI is InChI=1S/C21H26N2O2/c1-15-7-10-22(11-8-15)21(24)18-9-12-25-20(18)14-23-16(2)13-17-5-3-4-6-19(17)23/h3-6,9,12,15-16H,7-8,10-11,13-14H2,1-2H3. The average molecular weight is 338 g/mol. The molecular formula is C21H26N2O2. The molecule has 1 aromatic heterocycles. The van der Waals surface area contributed by atoms with Gasteiger partial charge < -0.3 is 14.2 Å². The fraction of sp³-hybridized carbons (Fsp3) is 0.476. The smallest absolute Gasteiger partial charge is 0.257 e. The van der Waals surface area contributed by atoms with Gasteiger partial charge in [-0.1, -0.05) is 25.1 Å². The molecule has 2 aliphatic rings. The maximum atomic E-state index is 12.9. The van der Waals surface area contributed by atoms with Crippen molar-refractivity contribution in [1.82, 2.24) is 4.90 Å². The van der Waals surface area contributed by atoms with Crippen molar-refractivity contribution in [2.75, 3.05) is 18.0 Å². The molecule has 1 fully saturated rings. The summed E-state index contributed by atoms with van der Waals surface area (Å²) in [5.74, 6) is 1.62. The molecule has 2 aromatic rings. The number of fused-ring (bicyclic) bond motifs is 1. The number of carbonyl (C=O) groups excluding carboxylic acids is 1. The van der Waals surface area contributed by atoms with Gasteiger partial charge in [0.1, 0.15) is 5.76 Å². The molecule has 1 aromatic carbocycles. The van der Waals surface area contributed by atoms with Gasteiger partial charge in [0.05, 0.1) is 18.4 Å². The molecule has 4 rings (SSSR count). The Morgan fingerprint density at radius 1 is 1.16 bits per heavy atom. The Morgan fingerprint density at radius 2 is 1.92 bits per heavy atom. The largest absolute Gasteiger partial charge is 0.467 e. The number of para-hydroxylation sites is 1. The molecule has 4 heteroatoms. The summed E-state index contributed by atoms with van der Waals surface area (Å²) in [5.41, 5.74) is 3.36. The fourth-order valence-corrected chi connectivity index (χ4v) is 4.06. The Labute approximate surface area is 149 Å². The molecule has 1 amide bonds. The molecule has 0 spiro atoms. The highest BCUT2D eigenvalue weighted by molar-refractivity contribution is 5.95. The summed E-state index contributed by atoms with van der Waals surface area (Å²) in [4.78, 5) is 17.3. The lowest BCUT2D eigenvalue weighted by atomic mass is 9.98. The summed E-state index contributed by atoms with van der Waals surface area (Å²) in [7, 11) is 0. The molecule has 1 atom stereocenters. The normalized spacial score (nSPS) is 20.8. The summed E-state index contributed by atoms with van der Waals surface area (Å²) in [6.45, 7) is 6.85. The molecule has 0 radical (unpaired) electrons. The highest BCUT2D eigenvalue weighted by atomic mass is 16.3. The number of hydrogen-bond donors (Lipinski definition) is 0. The van der Waals surface area contributed by atoms with Crippen molar-refractivity contribution >= 4 is 11.6 Å². The number of likely N-dealkylation sites (tertiary alicyclic amines) is 1. The Bertz CT molecular complexity index is 759. The van der Waals surface area contributed by atoms with Crippen molar-refractivity contribution in [2.45, 2.75) is 45.7 Å². The Hall–Kier alpha value is -2.23. The van der Waals surface area contributed by atoms with Gasteiger partial charge >= 0.3 is 0 Å². The molecule has 25 heavy (non-hydrogen) atoms. The van der Waals surface area contributed by atoms with Gasteiger partial charge in [-0.3, -0.25) is 4.79 Å². The van der Waals surface area contributed by atoms with Crippen LogP contribution in [-0.4, -0.2) is 29.9 Å². The first-order valence-electron chi connectivity index (χ1n) is 9.33. The van der Waals surface area contributed by atoms with Crippen LogP contribution in [0.2, 0.25) is 0 Å². The number of nitrogens with zero attached hydrogens (tertiary/aromatic N) is 2. The van der Waals surface area contributed by atoms with Gasteiger partial charge in [0, 0.05) is 24.8 Å². The van der Waals surface area contributed by atoms with E-state index < -0.39 is 0 Å². The maximum absolute atomic E-state index is 12.9. The van der Waals surface area contributed by atoms with E-state index in [1.807, 2.05) is 11.0 Å². The molecule has 1 saturated heterocycles. The van der Waals surface area contributed by atoms with Gasteiger partial charge in [-0.2, -0.15) is 0 Å². The van der Waals surface area contributed by atoms with E-state index in [0.717, 1.165) is 49.6 Å². The quantitative estimate of drug-likeness (QED) is 0.845. The first-order valence-corrected chi connectivity index (χ1v) is 9.33. The molecule has 4 nitrogen and oxygen atoms in total. The van der Waals surface area contributed by atoms with E-state index in [9.17, 15) is 4.79 Å². The minimum absolute atomic E-state index is 0.121. The van der Waals surface area contributed by atoms with Crippen LogP contribution >= 0.6 is 0 Å². The molecule has 132 valence electrons. The second kappa shape index (κ2) is 6.58. The fourth-order valence-electron chi connectivity index (χ4n) is 4.06. The number of furan rings is 1. The average Bonchev–Trinajstić information content (AvgIpc) is 3.20. The number of hydrogen-bond acceptors (Lipinski definition) is 3. The van der Waals surface area contributed by atoms with Gasteiger partial charge in [-0.15, -0.1) is 0 Å². The summed E-state index contributed by atoms with van der Waals surface area (Å²) in [5, 5.41) is 0. The van der Waals surface area contributed by atoms with Gasteiger partial charge in [-0.05, 0) is 49.8 Å². The number of anilines is 1. The van der Waals surface area contributed by atoms with Crippen molar-refractivity contribution in [3.05, 3.63) is 53.5 Å². The van der Waals surface area contributed by atoms with Gasteiger partial charge in [0.15, 0.2) is 0 Å². The van der Waals surface area contributed by atoms with Crippen molar-refractivity contribution in [3.63, 3.8) is 0 Å². The van der Waals surface area contributed by atoms with Crippen LogP contribution in [0.25, 0.3) is 0 Å². The van der Waals surface area contributed by atoms with E-state index >= 15 is 0 Å². The number of rotatable bonds is 3. The second-order valence-corrected chi connectivity index (χ2v) is 7.54. The number of carbonyl (C=O) groups is 1. The van der Waals surface area contributed by atoms with E-state index in [2.05, 4.69) is 43.0 Å². The predicted octanol–water partition coefficient (Wildman–Crippen LogP) is 4.10. The lowest BCUT2D eigenvalue weighted by molar-refractivity contribution is 0.0695. The SMILES string of the molecule is CC1CCN(C(=O)c2ccoc2CN2c3ccccc3CC2C)CC1. The van der Waals surface area contributed by atoms with Crippen molar-refractivity contribution in [3.8, 4) is 0 Å². The second-order valence-electron chi connectivity index (χ2n) is 7.54. The van der Waals surface area contributed by atoms with Crippen LogP contribution in [0.5, 0.6) is 0 Å². The molecular weight excluding hydrogens is 312 g/mol. The van der Waals surface area contributed by atoms with Gasteiger partial charge in [0.2, 0.25) is 0 Å². The van der Waals surface area contributed by atoms with Crippen LogP contribution in [0.4, 0.5) is 5.69 Å². The van der Waals surface area contributed by atoms with Gasteiger partial charge in [-0.25, -0.2) is 0 Å². The van der Waals surface area contributed by atoms with E-state index in [-0.39, 0.29) is 5.91 Å². The topological polar surface area (TPSA) is 36.7 Å². The van der Waals surface area contributed by atoms with Crippen LogP contribution in [0.15, 0.2) is 41.0 Å². The van der Waals surface area contributed by atoms with Crippen LogP contribution in [0.1, 0.15) is 48.4 Å². The monoisotopic (exact) mass is 338 g/mol. The molecule has 0 saturated carbocycles. The van der Waals surface area contributed by atoms with Crippen LogP contribution in [0, 0.1) is 5.92 Å². The van der Waals surface area contributed by atoms with Crippen molar-refractivity contribution < 1.29 is 9.21 Å². The summed E-state index contributed by atoms with van der Waals surface area (Å²) in [6, 6.07) is 10.8. The summed E-state index contributed by atoms with van der Waals surface area (Å²) in [6.07, 6.45) is 4.89. The third-order valence-corrected chi connectivity index (χ3v) is 5.71. The van der Waals surface area contributed by atoms with Crippen molar-refractivity contribution in [1.29, 1.82) is 0 Å². The molecule has 1 unspecified atom stereocenters. The third-order valence-electron chi connectivity index (χ3n) is 5.71. The number of piperidine rings is 1. The molecule has 3 heterocycles. The molecule has 2 aliphatic heterocycles. The zero-order valence-corrected chi connectivity index (χ0v) is 15.1. The molecule has 0 bridgehead atoms. The Morgan fingerprint density at radius 3 is 2.72 bits per heavy atom. The van der Waals surface area contributed by atoms with E-state index in [0.29, 0.717) is 12.6 Å². The van der Waals surface area contributed by atoms with Crippen molar-refractivity contribution in [2.24, 2.45) is 5.92 Å². The van der Waals surface area contributed by atoms with Crippen LogP contribution in [0.3, 0.4) is 0 Å². The number of amides is 1. The summed E-state index contributed by atoms with van der Waals surface area (Å²) < 4.78 is 5.73. The zero-order valence-electron chi connectivity index (χ0n) is 15.1. The summed E-state index contributed by atoms with van der Waals surface area (Å²) >= 11 is 0. The van der Waals surface area contributed by atoms with Crippen LogP contribution < -0.4 is 4.90 Å². The first kappa shape index (κ1) is 16.2. The van der Waals surface area contributed by atoms with Gasteiger partial charge in [0.25, 0.3) is 5.91 Å². The molecule has 0 aliphatic carbocycles. The Kier molecular flexibility index (Phi) is 4.28. The maximum Gasteiger partial charge on any atom is 0.257 e. The van der Waals surface area contributed by atoms with E-state index in [1.165, 1.54) is 11.3 Å². The minimum Gasteiger partial charge on any atom is -0.467 e.